The minimum atomic E-state index is -1.32. The first-order valence-corrected chi connectivity index (χ1v) is 10.4. The Morgan fingerprint density at radius 3 is 2.40 bits per heavy atom. The molecule has 0 saturated carbocycles. The Bertz CT molecular complexity index is 981. The normalized spacial score (nSPS) is 24.0. The molecule has 1 aliphatic rings. The van der Waals surface area contributed by atoms with Gasteiger partial charge in [0, 0.05) is 16.7 Å². The molecule has 1 fully saturated rings. The van der Waals surface area contributed by atoms with Crippen molar-refractivity contribution in [3.63, 3.8) is 0 Å². The van der Waals surface area contributed by atoms with Crippen molar-refractivity contribution >= 4 is 18.0 Å². The molecule has 0 aliphatic carbocycles. The van der Waals surface area contributed by atoms with Crippen LogP contribution in [0.3, 0.4) is 0 Å². The number of ether oxygens (including phenoxy) is 5. The molecule has 15 nitrogen and oxygen atoms in total. The number of hydrogen-bond donors (Lipinski definition) is 1. The van der Waals surface area contributed by atoms with Crippen molar-refractivity contribution in [3.8, 4) is 0 Å². The Morgan fingerprint density at radius 2 is 1.80 bits per heavy atom. The van der Waals surface area contributed by atoms with Crippen LogP contribution in [-0.4, -0.2) is 68.4 Å². The lowest BCUT2D eigenvalue weighted by molar-refractivity contribution is -0.234. The van der Waals surface area contributed by atoms with E-state index in [1.165, 1.54) is 6.92 Å². The Hall–Kier alpha value is -4.03. The minimum absolute atomic E-state index is 0.0332. The van der Waals surface area contributed by atoms with Gasteiger partial charge in [-0.25, -0.2) is 9.59 Å². The number of carbonyl (C=O) groups excluding carboxylic acids is 3. The molecule has 35 heavy (non-hydrogen) atoms. The monoisotopic (exact) mass is 491 g/mol. The summed E-state index contributed by atoms with van der Waals surface area (Å²) in [6, 6.07) is 5.30. The van der Waals surface area contributed by atoms with E-state index in [4.69, 9.17) is 34.7 Å². The molecule has 6 atom stereocenters. The van der Waals surface area contributed by atoms with Crippen molar-refractivity contribution in [2.24, 2.45) is 10.2 Å². The number of alkyl carbamates (subject to hydrolysis) is 1. The summed E-state index contributed by atoms with van der Waals surface area (Å²) in [5.41, 5.74) is 18.6. The first-order valence-electron chi connectivity index (χ1n) is 10.4. The third-order valence-corrected chi connectivity index (χ3v) is 4.87. The summed E-state index contributed by atoms with van der Waals surface area (Å²) in [6.07, 6.45) is -4.23. The predicted octanol–water partition coefficient (Wildman–Crippen LogP) is 2.51. The molecule has 15 heteroatoms. The van der Waals surface area contributed by atoms with Crippen molar-refractivity contribution in [2.75, 3.05) is 13.7 Å². The average molecular weight is 491 g/mol. The average Bonchev–Trinajstić information content (AvgIpc) is 2.84. The number of rotatable bonds is 10. The summed E-state index contributed by atoms with van der Waals surface area (Å²) >= 11 is 0. The van der Waals surface area contributed by atoms with Gasteiger partial charge in [0.2, 0.25) is 0 Å². The van der Waals surface area contributed by atoms with E-state index in [1.54, 1.807) is 24.3 Å². The SMILES string of the molecule is COC(=O)[C@H](CO[C@@H]1O[C@H](C)[C@H](N=[N+]=[N-])[C@H](OC(C)=O)[C@H]1N=[N+]=[N-])NC(=O)OCc1ccccc1. The van der Waals surface area contributed by atoms with Crippen LogP contribution in [0, 0.1) is 0 Å². The molecular formula is C20H25N7O8. The van der Waals surface area contributed by atoms with Crippen LogP contribution < -0.4 is 5.32 Å². The summed E-state index contributed by atoms with van der Waals surface area (Å²) in [7, 11) is 1.12. The molecule has 0 bridgehead atoms. The fraction of sp³-hybridized carbons (Fsp3) is 0.550. The molecule has 1 aromatic rings. The fourth-order valence-corrected chi connectivity index (χ4v) is 3.27. The van der Waals surface area contributed by atoms with Gasteiger partial charge in [-0.1, -0.05) is 40.6 Å². The quantitative estimate of drug-likeness (QED) is 0.169. The fourth-order valence-electron chi connectivity index (χ4n) is 3.27. The van der Waals surface area contributed by atoms with E-state index >= 15 is 0 Å². The standard InChI is InChI=1S/C20H25N7O8/c1-11-15(24-26-21)17(35-12(2)28)16(25-27-22)19(34-11)32-10-14(18(29)31-3)23-20(30)33-9-13-7-5-4-6-8-13/h4-8,11,14-17,19H,9-10H2,1-3H3,(H,23,30)/t11-,14+,15+,16-,17+,19-/m1/s1. The summed E-state index contributed by atoms with van der Waals surface area (Å²) in [4.78, 5) is 41.5. The van der Waals surface area contributed by atoms with E-state index in [9.17, 15) is 14.4 Å². The van der Waals surface area contributed by atoms with Crippen LogP contribution in [0.25, 0.3) is 20.9 Å². The number of methoxy groups -OCH3 is 1. The van der Waals surface area contributed by atoms with E-state index in [1.807, 2.05) is 6.07 Å². The van der Waals surface area contributed by atoms with E-state index in [0.717, 1.165) is 19.6 Å². The van der Waals surface area contributed by atoms with Gasteiger partial charge in [0.1, 0.15) is 24.8 Å². The van der Waals surface area contributed by atoms with Crippen LogP contribution in [0.1, 0.15) is 19.4 Å². The highest BCUT2D eigenvalue weighted by molar-refractivity contribution is 5.81. The molecule has 188 valence electrons. The van der Waals surface area contributed by atoms with Crippen molar-refractivity contribution in [3.05, 3.63) is 56.8 Å². The van der Waals surface area contributed by atoms with Crippen LogP contribution >= 0.6 is 0 Å². The lowest BCUT2D eigenvalue weighted by Crippen LogP contribution is -2.58. The van der Waals surface area contributed by atoms with Crippen molar-refractivity contribution in [1.29, 1.82) is 0 Å². The Labute approximate surface area is 199 Å². The van der Waals surface area contributed by atoms with Crippen molar-refractivity contribution in [1.82, 2.24) is 5.32 Å². The second kappa shape index (κ2) is 13.6. The van der Waals surface area contributed by atoms with E-state index in [2.05, 4.69) is 25.4 Å². The summed E-state index contributed by atoms with van der Waals surface area (Å²) in [5, 5.41) is 9.49. The molecule has 0 unspecified atom stereocenters. The lowest BCUT2D eigenvalue weighted by Gasteiger charge is -2.41. The van der Waals surface area contributed by atoms with Gasteiger partial charge in [0.05, 0.1) is 19.8 Å². The first-order chi connectivity index (χ1) is 16.8. The Kier molecular flexibility index (Phi) is 10.6. The largest absolute Gasteiger partial charge is 0.467 e. The van der Waals surface area contributed by atoms with Gasteiger partial charge < -0.3 is 29.0 Å². The number of benzene rings is 1. The van der Waals surface area contributed by atoms with E-state index < -0.39 is 61.3 Å². The van der Waals surface area contributed by atoms with Crippen LogP contribution in [0.5, 0.6) is 0 Å². The zero-order valence-electron chi connectivity index (χ0n) is 19.2. The van der Waals surface area contributed by atoms with Crippen LogP contribution in [0.2, 0.25) is 0 Å². The number of carbonyl (C=O) groups is 3. The number of esters is 2. The molecule has 1 heterocycles. The van der Waals surface area contributed by atoms with E-state index in [-0.39, 0.29) is 6.61 Å². The molecule has 1 amide bonds. The van der Waals surface area contributed by atoms with Crippen LogP contribution in [-0.2, 0) is 39.9 Å². The maximum atomic E-state index is 12.2. The highest BCUT2D eigenvalue weighted by atomic mass is 16.7. The van der Waals surface area contributed by atoms with Gasteiger partial charge in [-0.3, -0.25) is 4.79 Å². The van der Waals surface area contributed by atoms with Crippen LogP contribution in [0.4, 0.5) is 4.79 Å². The second-order valence-electron chi connectivity index (χ2n) is 7.29. The summed E-state index contributed by atoms with van der Waals surface area (Å²) < 4.78 is 26.3. The molecule has 1 aromatic carbocycles. The zero-order valence-corrected chi connectivity index (χ0v) is 19.2. The van der Waals surface area contributed by atoms with Gasteiger partial charge in [0.15, 0.2) is 12.3 Å². The molecule has 0 aromatic heterocycles. The molecule has 1 aliphatic heterocycles. The number of nitrogens with one attached hydrogen (secondary N) is 1. The maximum Gasteiger partial charge on any atom is 0.408 e. The minimum Gasteiger partial charge on any atom is -0.467 e. The Balaban J connectivity index is 2.11. The van der Waals surface area contributed by atoms with Gasteiger partial charge in [-0.05, 0) is 23.5 Å². The Morgan fingerprint density at radius 1 is 1.14 bits per heavy atom. The number of hydrogen-bond acceptors (Lipinski definition) is 10. The number of nitrogens with zero attached hydrogens (tertiary/aromatic N) is 6. The van der Waals surface area contributed by atoms with Gasteiger partial charge >= 0.3 is 18.0 Å². The topological polar surface area (TPSA) is 207 Å². The number of amides is 1. The highest BCUT2D eigenvalue weighted by Crippen LogP contribution is 2.29. The van der Waals surface area contributed by atoms with Gasteiger partial charge in [0.25, 0.3) is 0 Å². The molecular weight excluding hydrogens is 466 g/mol. The molecule has 1 saturated heterocycles. The summed E-state index contributed by atoms with van der Waals surface area (Å²) in [5.74, 6) is -1.55. The van der Waals surface area contributed by atoms with E-state index in [0.29, 0.717) is 0 Å². The van der Waals surface area contributed by atoms with Gasteiger partial charge in [-0.15, -0.1) is 0 Å². The maximum absolute atomic E-state index is 12.2. The molecule has 0 spiro atoms. The lowest BCUT2D eigenvalue weighted by atomic mass is 9.96. The van der Waals surface area contributed by atoms with Crippen molar-refractivity contribution < 1.29 is 38.1 Å². The van der Waals surface area contributed by atoms with Crippen LogP contribution in [0.15, 0.2) is 40.6 Å². The third-order valence-electron chi connectivity index (χ3n) is 4.87. The third kappa shape index (κ3) is 8.05. The smallest absolute Gasteiger partial charge is 0.408 e. The molecule has 1 N–H and O–H groups in total. The zero-order chi connectivity index (χ0) is 25.8. The highest BCUT2D eigenvalue weighted by Gasteiger charge is 2.46. The van der Waals surface area contributed by atoms with Gasteiger partial charge in [-0.2, -0.15) is 0 Å². The first kappa shape index (κ1) is 27.2. The predicted molar refractivity (Wildman–Crippen MR) is 117 cm³/mol. The second-order valence-corrected chi connectivity index (χ2v) is 7.29. The molecule has 0 radical (unpaired) electrons. The number of azide groups is 2. The molecule has 2 rings (SSSR count). The van der Waals surface area contributed by atoms with Crippen molar-refractivity contribution in [2.45, 2.75) is 57.1 Å². The summed E-state index contributed by atoms with van der Waals surface area (Å²) in [6.45, 7) is 2.17.